The fourth-order valence-corrected chi connectivity index (χ4v) is 2.67. The van der Waals surface area contributed by atoms with Gasteiger partial charge in [-0.1, -0.05) is 0 Å². The number of rotatable bonds is 7. The van der Waals surface area contributed by atoms with Crippen molar-refractivity contribution in [1.82, 2.24) is 10.6 Å². The molecule has 2 amide bonds. The van der Waals surface area contributed by atoms with Crippen LogP contribution in [0.2, 0.25) is 0 Å². The summed E-state index contributed by atoms with van der Waals surface area (Å²) in [6.45, 7) is 4.58. The molecule has 1 unspecified atom stereocenters. The Morgan fingerprint density at radius 1 is 1.35 bits per heavy atom. The molecule has 1 atom stereocenters. The van der Waals surface area contributed by atoms with Crippen LogP contribution in [0.25, 0.3) is 0 Å². The number of amides is 2. The third-order valence-electron chi connectivity index (χ3n) is 3.60. The average molecular weight is 306 g/mol. The molecule has 0 aromatic rings. The molecule has 1 rings (SSSR count). The molecule has 3 N–H and O–H groups in total. The smallest absolute Gasteiger partial charge is 0.329 e. The van der Waals surface area contributed by atoms with Crippen LogP contribution in [0, 0.1) is 5.92 Å². The second kappa shape index (κ2) is 5.99. The Hall–Kier alpha value is -1.31. The fraction of sp³-hybridized carbons (Fsp3) is 0.833. The van der Waals surface area contributed by atoms with Crippen LogP contribution in [0.15, 0.2) is 0 Å². The van der Waals surface area contributed by atoms with E-state index >= 15 is 0 Å². The molecule has 0 bridgehead atoms. The lowest BCUT2D eigenvalue weighted by Gasteiger charge is -2.26. The highest BCUT2D eigenvalue weighted by Gasteiger charge is 2.48. The minimum atomic E-state index is -3.22. The standard InChI is InChI=1S/C12H22N2O5S/c1-8(2)20(18,19)7-6-13-11(17)14-12(3,10(15)16)9-4-5-9/h8-9H,4-7H2,1-3H3,(H,15,16)(H2,13,14,17). The van der Waals surface area contributed by atoms with E-state index in [0.29, 0.717) is 0 Å². The first-order valence-electron chi connectivity index (χ1n) is 6.60. The molecule has 0 radical (unpaired) electrons. The molecule has 20 heavy (non-hydrogen) atoms. The van der Waals surface area contributed by atoms with E-state index in [2.05, 4.69) is 10.6 Å². The highest BCUT2D eigenvalue weighted by molar-refractivity contribution is 7.92. The molecular formula is C12H22N2O5S. The monoisotopic (exact) mass is 306 g/mol. The van der Waals surface area contributed by atoms with Crippen molar-refractivity contribution in [3.05, 3.63) is 0 Å². The van der Waals surface area contributed by atoms with Crippen molar-refractivity contribution in [3.8, 4) is 0 Å². The number of carboxylic acids is 1. The van der Waals surface area contributed by atoms with Crippen LogP contribution >= 0.6 is 0 Å². The summed E-state index contributed by atoms with van der Waals surface area (Å²) in [6, 6.07) is -0.652. The molecular weight excluding hydrogens is 284 g/mol. The third-order valence-corrected chi connectivity index (χ3v) is 5.81. The van der Waals surface area contributed by atoms with E-state index < -0.39 is 32.6 Å². The molecule has 0 aromatic heterocycles. The van der Waals surface area contributed by atoms with Gasteiger partial charge in [0.2, 0.25) is 0 Å². The van der Waals surface area contributed by atoms with Crippen molar-refractivity contribution >= 4 is 21.8 Å². The summed E-state index contributed by atoms with van der Waals surface area (Å²) in [6.07, 6.45) is 1.54. The number of carbonyl (C=O) groups is 2. The van der Waals surface area contributed by atoms with Gasteiger partial charge in [0.15, 0.2) is 9.84 Å². The molecule has 0 saturated heterocycles. The second-order valence-corrected chi connectivity index (χ2v) is 8.26. The van der Waals surface area contributed by atoms with Gasteiger partial charge in [-0.15, -0.1) is 0 Å². The van der Waals surface area contributed by atoms with Gasteiger partial charge in [-0.2, -0.15) is 0 Å². The van der Waals surface area contributed by atoms with Gasteiger partial charge in [0.05, 0.1) is 11.0 Å². The Morgan fingerprint density at radius 3 is 2.30 bits per heavy atom. The average Bonchev–Trinajstić information content (AvgIpc) is 3.11. The summed E-state index contributed by atoms with van der Waals surface area (Å²) in [5.41, 5.74) is -1.29. The first-order valence-corrected chi connectivity index (χ1v) is 8.32. The predicted molar refractivity (Wildman–Crippen MR) is 74.2 cm³/mol. The largest absolute Gasteiger partial charge is 0.480 e. The zero-order valence-corrected chi connectivity index (χ0v) is 12.8. The predicted octanol–water partition coefficient (Wildman–Crippen LogP) is 0.362. The first-order chi connectivity index (χ1) is 9.09. The van der Waals surface area contributed by atoms with Crippen LogP contribution < -0.4 is 10.6 Å². The van der Waals surface area contributed by atoms with Gasteiger partial charge < -0.3 is 15.7 Å². The molecule has 7 nitrogen and oxygen atoms in total. The van der Waals surface area contributed by atoms with Crippen LogP contribution in [-0.2, 0) is 14.6 Å². The molecule has 1 aliphatic carbocycles. The maximum atomic E-state index is 11.7. The molecule has 1 aliphatic rings. The Balaban J connectivity index is 2.46. The maximum Gasteiger partial charge on any atom is 0.329 e. The zero-order chi connectivity index (χ0) is 15.6. The quantitative estimate of drug-likeness (QED) is 0.628. The number of urea groups is 1. The van der Waals surface area contributed by atoms with Gasteiger partial charge in [0, 0.05) is 6.54 Å². The fourth-order valence-electron chi connectivity index (χ4n) is 1.81. The normalized spacial score (nSPS) is 18.4. The van der Waals surface area contributed by atoms with Gasteiger partial charge in [-0.25, -0.2) is 18.0 Å². The van der Waals surface area contributed by atoms with Gasteiger partial charge in [0.1, 0.15) is 5.54 Å². The van der Waals surface area contributed by atoms with Crippen molar-refractivity contribution in [1.29, 1.82) is 0 Å². The molecule has 0 heterocycles. The van der Waals surface area contributed by atoms with Crippen LogP contribution in [0.1, 0.15) is 33.6 Å². The van der Waals surface area contributed by atoms with Crippen molar-refractivity contribution < 1.29 is 23.1 Å². The second-order valence-electron chi connectivity index (χ2n) is 5.58. The molecule has 1 saturated carbocycles. The van der Waals surface area contributed by atoms with Crippen molar-refractivity contribution in [2.75, 3.05) is 12.3 Å². The number of carboxylic acid groups (broad SMARTS) is 1. The molecule has 0 aliphatic heterocycles. The van der Waals surface area contributed by atoms with Crippen molar-refractivity contribution in [2.24, 2.45) is 5.92 Å². The van der Waals surface area contributed by atoms with Gasteiger partial charge in [0.25, 0.3) is 0 Å². The highest BCUT2D eigenvalue weighted by Crippen LogP contribution is 2.39. The van der Waals surface area contributed by atoms with E-state index in [1.807, 2.05) is 0 Å². The lowest BCUT2D eigenvalue weighted by molar-refractivity contribution is -0.144. The Labute approximate surface area is 119 Å². The minimum Gasteiger partial charge on any atom is -0.480 e. The number of carbonyl (C=O) groups excluding carboxylic acids is 1. The Kier molecular flexibility index (Phi) is 5.01. The Bertz CT molecular complexity index is 484. The van der Waals surface area contributed by atoms with Crippen LogP contribution in [0.5, 0.6) is 0 Å². The summed E-state index contributed by atoms with van der Waals surface area (Å²) in [5, 5.41) is 13.5. The van der Waals surface area contributed by atoms with E-state index in [4.69, 9.17) is 0 Å². The molecule has 0 aromatic carbocycles. The van der Waals surface area contributed by atoms with E-state index in [1.54, 1.807) is 13.8 Å². The van der Waals surface area contributed by atoms with Crippen LogP contribution in [0.3, 0.4) is 0 Å². The number of hydrogen-bond donors (Lipinski definition) is 3. The number of aliphatic carboxylic acids is 1. The van der Waals surface area contributed by atoms with E-state index in [-0.39, 0.29) is 18.2 Å². The number of nitrogens with one attached hydrogen (secondary N) is 2. The SMILES string of the molecule is CC(C)S(=O)(=O)CCNC(=O)NC(C)(C(=O)O)C1CC1. The summed E-state index contributed by atoms with van der Waals surface area (Å²) in [4.78, 5) is 22.9. The summed E-state index contributed by atoms with van der Waals surface area (Å²) < 4.78 is 23.1. The van der Waals surface area contributed by atoms with Gasteiger partial charge in [-0.05, 0) is 39.5 Å². The molecule has 1 fully saturated rings. The van der Waals surface area contributed by atoms with E-state index in [0.717, 1.165) is 12.8 Å². The zero-order valence-electron chi connectivity index (χ0n) is 12.0. The highest BCUT2D eigenvalue weighted by atomic mass is 32.2. The topological polar surface area (TPSA) is 113 Å². The van der Waals surface area contributed by atoms with E-state index in [9.17, 15) is 23.1 Å². The van der Waals surface area contributed by atoms with E-state index in [1.165, 1.54) is 6.92 Å². The van der Waals surface area contributed by atoms with Crippen molar-refractivity contribution in [2.45, 2.75) is 44.4 Å². The van der Waals surface area contributed by atoms with Crippen LogP contribution in [0.4, 0.5) is 4.79 Å². The number of sulfone groups is 1. The first kappa shape index (κ1) is 16.7. The summed E-state index contributed by atoms with van der Waals surface area (Å²) in [5.74, 6) is -1.30. The summed E-state index contributed by atoms with van der Waals surface area (Å²) >= 11 is 0. The Morgan fingerprint density at radius 2 is 1.90 bits per heavy atom. The number of hydrogen-bond acceptors (Lipinski definition) is 4. The van der Waals surface area contributed by atoms with Gasteiger partial charge in [-0.3, -0.25) is 0 Å². The van der Waals surface area contributed by atoms with Crippen LogP contribution in [-0.4, -0.2) is 48.6 Å². The summed E-state index contributed by atoms with van der Waals surface area (Å²) in [7, 11) is -3.22. The third kappa shape index (κ3) is 4.09. The van der Waals surface area contributed by atoms with Gasteiger partial charge >= 0.3 is 12.0 Å². The minimum absolute atomic E-state index is 0.0350. The maximum absolute atomic E-state index is 11.7. The molecule has 116 valence electrons. The molecule has 8 heteroatoms. The lowest BCUT2D eigenvalue weighted by atomic mass is 9.96. The molecule has 0 spiro atoms. The lowest BCUT2D eigenvalue weighted by Crippen LogP contribution is -2.57. The van der Waals surface area contributed by atoms with Crippen molar-refractivity contribution in [3.63, 3.8) is 0 Å².